The zero-order valence-electron chi connectivity index (χ0n) is 15.1. The first-order chi connectivity index (χ1) is 12.3. The summed E-state index contributed by atoms with van der Waals surface area (Å²) in [6, 6.07) is 12.2. The lowest BCUT2D eigenvalue weighted by Gasteiger charge is -2.12. The van der Waals surface area contributed by atoms with Crippen LogP contribution in [0.15, 0.2) is 54.8 Å². The van der Waals surface area contributed by atoms with Crippen LogP contribution in [0.4, 0.5) is 8.78 Å². The maximum atomic E-state index is 14.4. The van der Waals surface area contributed by atoms with Crippen molar-refractivity contribution in [2.24, 2.45) is 5.92 Å². The SMILES string of the molecule is C=C(O)C1CC1(F)CCc1ccc(-c2cc(OC(C)C)ccc2F)cc1. The maximum Gasteiger partial charge on any atom is 0.131 e. The summed E-state index contributed by atoms with van der Waals surface area (Å²) in [4.78, 5) is 0. The summed E-state index contributed by atoms with van der Waals surface area (Å²) in [7, 11) is 0. The number of rotatable bonds is 7. The number of aliphatic hydroxyl groups is 1. The predicted molar refractivity (Wildman–Crippen MR) is 99.6 cm³/mol. The molecule has 1 aliphatic rings. The Morgan fingerprint density at radius 2 is 1.96 bits per heavy atom. The van der Waals surface area contributed by atoms with Gasteiger partial charge in [0.15, 0.2) is 0 Å². The Balaban J connectivity index is 1.69. The first kappa shape index (κ1) is 18.4. The van der Waals surface area contributed by atoms with Crippen LogP contribution in [0.3, 0.4) is 0 Å². The van der Waals surface area contributed by atoms with Crippen molar-refractivity contribution in [3.05, 3.63) is 66.2 Å². The third-order valence-corrected chi connectivity index (χ3v) is 4.81. The highest BCUT2D eigenvalue weighted by molar-refractivity contribution is 5.66. The van der Waals surface area contributed by atoms with E-state index in [2.05, 4.69) is 6.58 Å². The summed E-state index contributed by atoms with van der Waals surface area (Å²) in [5, 5.41) is 9.31. The van der Waals surface area contributed by atoms with Gasteiger partial charge >= 0.3 is 0 Å². The number of allylic oxidation sites excluding steroid dienone is 1. The highest BCUT2D eigenvalue weighted by atomic mass is 19.1. The summed E-state index contributed by atoms with van der Waals surface area (Å²) in [5.74, 6) is -0.177. The lowest BCUT2D eigenvalue weighted by Crippen LogP contribution is -2.07. The van der Waals surface area contributed by atoms with Gasteiger partial charge in [-0.15, -0.1) is 0 Å². The minimum Gasteiger partial charge on any atom is -0.513 e. The molecular formula is C22H24F2O2. The fourth-order valence-corrected chi connectivity index (χ4v) is 3.25. The lowest BCUT2D eigenvalue weighted by molar-refractivity contribution is 0.242. The van der Waals surface area contributed by atoms with Gasteiger partial charge in [-0.05, 0) is 62.4 Å². The van der Waals surface area contributed by atoms with Crippen molar-refractivity contribution in [1.82, 2.24) is 0 Å². The summed E-state index contributed by atoms with van der Waals surface area (Å²) in [5.41, 5.74) is 0.882. The predicted octanol–water partition coefficient (Wildman–Crippen LogP) is 6.01. The maximum absolute atomic E-state index is 14.4. The minimum atomic E-state index is -1.33. The second-order valence-corrected chi connectivity index (χ2v) is 7.29. The number of benzene rings is 2. The molecule has 2 nitrogen and oxygen atoms in total. The van der Waals surface area contributed by atoms with Gasteiger partial charge in [0.1, 0.15) is 17.2 Å². The average Bonchev–Trinajstić information content (AvgIpc) is 3.28. The number of alkyl halides is 1. The molecule has 26 heavy (non-hydrogen) atoms. The minimum absolute atomic E-state index is 0.0185. The van der Waals surface area contributed by atoms with Gasteiger partial charge in [-0.25, -0.2) is 8.78 Å². The van der Waals surface area contributed by atoms with E-state index in [1.54, 1.807) is 12.1 Å². The van der Waals surface area contributed by atoms with Crippen molar-refractivity contribution in [2.75, 3.05) is 0 Å². The second kappa shape index (κ2) is 7.10. The molecule has 1 aliphatic carbocycles. The molecule has 2 atom stereocenters. The molecule has 138 valence electrons. The fourth-order valence-electron chi connectivity index (χ4n) is 3.25. The first-order valence-corrected chi connectivity index (χ1v) is 8.91. The largest absolute Gasteiger partial charge is 0.513 e. The number of hydrogen-bond acceptors (Lipinski definition) is 2. The molecule has 0 heterocycles. The van der Waals surface area contributed by atoms with Crippen molar-refractivity contribution in [3.8, 4) is 16.9 Å². The van der Waals surface area contributed by atoms with E-state index in [9.17, 15) is 13.9 Å². The molecule has 2 unspecified atom stereocenters. The van der Waals surface area contributed by atoms with Gasteiger partial charge in [-0.3, -0.25) is 0 Å². The van der Waals surface area contributed by atoms with Gasteiger partial charge in [0, 0.05) is 5.56 Å². The normalized spacial score (nSPS) is 21.7. The Bertz CT molecular complexity index is 798. The van der Waals surface area contributed by atoms with E-state index >= 15 is 0 Å². The number of aryl methyl sites for hydroxylation is 1. The molecule has 0 bridgehead atoms. The Kier molecular flexibility index (Phi) is 5.03. The van der Waals surface area contributed by atoms with Crippen LogP contribution in [0.5, 0.6) is 5.75 Å². The molecule has 1 N–H and O–H groups in total. The molecule has 0 spiro atoms. The molecule has 2 aromatic carbocycles. The molecule has 2 aromatic rings. The van der Waals surface area contributed by atoms with Crippen molar-refractivity contribution in [2.45, 2.75) is 44.9 Å². The second-order valence-electron chi connectivity index (χ2n) is 7.29. The lowest BCUT2D eigenvalue weighted by atomic mass is 10.00. The van der Waals surface area contributed by atoms with E-state index in [-0.39, 0.29) is 17.7 Å². The van der Waals surface area contributed by atoms with E-state index in [1.807, 2.05) is 38.1 Å². The molecule has 0 aliphatic heterocycles. The van der Waals surface area contributed by atoms with Crippen LogP contribution in [0.2, 0.25) is 0 Å². The van der Waals surface area contributed by atoms with Crippen molar-refractivity contribution in [1.29, 1.82) is 0 Å². The third kappa shape index (κ3) is 4.06. The van der Waals surface area contributed by atoms with Crippen molar-refractivity contribution >= 4 is 0 Å². The molecule has 1 saturated carbocycles. The molecule has 3 rings (SSSR count). The highest BCUT2D eigenvalue weighted by Gasteiger charge is 2.56. The monoisotopic (exact) mass is 358 g/mol. The van der Waals surface area contributed by atoms with Crippen molar-refractivity contribution < 1.29 is 18.6 Å². The van der Waals surface area contributed by atoms with Gasteiger partial charge in [0.2, 0.25) is 0 Å². The van der Waals surface area contributed by atoms with E-state index in [4.69, 9.17) is 4.74 Å². The van der Waals surface area contributed by atoms with Gasteiger partial charge in [-0.2, -0.15) is 0 Å². The first-order valence-electron chi connectivity index (χ1n) is 8.91. The third-order valence-electron chi connectivity index (χ3n) is 4.81. The van der Waals surface area contributed by atoms with Crippen LogP contribution in [-0.2, 0) is 6.42 Å². The summed E-state index contributed by atoms with van der Waals surface area (Å²) in [6.45, 7) is 7.26. The summed E-state index contributed by atoms with van der Waals surface area (Å²) in [6.07, 6.45) is 1.28. The molecule has 0 aromatic heterocycles. The van der Waals surface area contributed by atoms with Crippen LogP contribution in [0.1, 0.15) is 32.3 Å². The number of aliphatic hydroxyl groups excluding tert-OH is 1. The molecule has 4 heteroatoms. The molecule has 0 saturated heterocycles. The van der Waals surface area contributed by atoms with Crippen LogP contribution < -0.4 is 4.74 Å². The van der Waals surface area contributed by atoms with E-state index in [0.29, 0.717) is 30.6 Å². The Labute approximate surface area is 153 Å². The molecule has 1 fully saturated rings. The van der Waals surface area contributed by atoms with Gasteiger partial charge in [-0.1, -0.05) is 30.8 Å². The van der Waals surface area contributed by atoms with E-state index in [1.165, 1.54) is 6.07 Å². The fraction of sp³-hybridized carbons (Fsp3) is 0.364. The van der Waals surface area contributed by atoms with Crippen LogP contribution >= 0.6 is 0 Å². The smallest absolute Gasteiger partial charge is 0.131 e. The number of halogens is 2. The standard InChI is InChI=1S/C22H24F2O2/c1-14(2)26-18-8-9-21(23)19(12-18)17-6-4-16(5-7-17)10-11-22(24)13-20(22)15(3)25/h4-9,12,14,20,25H,3,10-11,13H2,1-2H3. The number of hydrogen-bond donors (Lipinski definition) is 1. The van der Waals surface area contributed by atoms with Crippen LogP contribution in [-0.4, -0.2) is 16.9 Å². The summed E-state index contributed by atoms with van der Waals surface area (Å²) < 4.78 is 34.2. The van der Waals surface area contributed by atoms with Gasteiger partial charge in [0.25, 0.3) is 0 Å². The van der Waals surface area contributed by atoms with Crippen LogP contribution in [0.25, 0.3) is 11.1 Å². The topological polar surface area (TPSA) is 29.5 Å². The summed E-state index contributed by atoms with van der Waals surface area (Å²) >= 11 is 0. The Morgan fingerprint density at radius 1 is 1.27 bits per heavy atom. The van der Waals surface area contributed by atoms with Crippen molar-refractivity contribution in [3.63, 3.8) is 0 Å². The average molecular weight is 358 g/mol. The molecular weight excluding hydrogens is 334 g/mol. The number of ether oxygens (including phenoxy) is 1. The van der Waals surface area contributed by atoms with E-state index < -0.39 is 11.6 Å². The quantitative estimate of drug-likeness (QED) is 0.614. The van der Waals surface area contributed by atoms with Crippen LogP contribution in [0, 0.1) is 11.7 Å². The zero-order valence-corrected chi connectivity index (χ0v) is 15.1. The highest BCUT2D eigenvalue weighted by Crippen LogP contribution is 2.53. The van der Waals surface area contributed by atoms with Gasteiger partial charge in [0.05, 0.1) is 17.8 Å². The van der Waals surface area contributed by atoms with Gasteiger partial charge < -0.3 is 9.84 Å². The molecule has 0 amide bonds. The Morgan fingerprint density at radius 3 is 2.54 bits per heavy atom. The van der Waals surface area contributed by atoms with E-state index in [0.717, 1.165) is 11.1 Å². The molecule has 0 radical (unpaired) electrons. The Hall–Kier alpha value is -2.36. The zero-order chi connectivity index (χ0) is 18.9.